The summed E-state index contributed by atoms with van der Waals surface area (Å²) in [5.74, 6) is 0.0720. The Morgan fingerprint density at radius 1 is 1.47 bits per heavy atom. The molecule has 0 aliphatic carbocycles. The van der Waals surface area contributed by atoms with Crippen LogP contribution < -0.4 is 10.8 Å². The summed E-state index contributed by atoms with van der Waals surface area (Å²) >= 11 is 2.24. The molecule has 6 heteroatoms. The average Bonchev–Trinajstić information content (AvgIpc) is 2.32. The SMILES string of the molecule is N=C(NCc1cccc(I)c1)NOCCCF. The molecule has 0 saturated heterocycles. The van der Waals surface area contributed by atoms with Gasteiger partial charge in [0, 0.05) is 16.5 Å². The zero-order chi connectivity index (χ0) is 12.5. The second-order valence-electron chi connectivity index (χ2n) is 3.35. The molecule has 0 saturated carbocycles. The lowest BCUT2D eigenvalue weighted by molar-refractivity contribution is 0.0761. The van der Waals surface area contributed by atoms with Crippen LogP contribution in [0.3, 0.4) is 0 Å². The van der Waals surface area contributed by atoms with Gasteiger partial charge in [-0.15, -0.1) is 0 Å². The van der Waals surface area contributed by atoms with Gasteiger partial charge in [-0.1, -0.05) is 12.1 Å². The standard InChI is InChI=1S/C11H15FIN3O/c12-5-2-6-17-16-11(14)15-8-9-3-1-4-10(13)7-9/h1,3-4,7H,2,5-6,8H2,(H3,14,15,16). The average molecular weight is 351 g/mol. The highest BCUT2D eigenvalue weighted by atomic mass is 127. The molecule has 0 radical (unpaired) electrons. The van der Waals surface area contributed by atoms with Crippen LogP contribution in [0.1, 0.15) is 12.0 Å². The predicted octanol–water partition coefficient (Wildman–Crippen LogP) is 2.20. The Hall–Kier alpha value is -0.890. The van der Waals surface area contributed by atoms with Gasteiger partial charge in [-0.3, -0.25) is 14.6 Å². The van der Waals surface area contributed by atoms with Gasteiger partial charge in [-0.2, -0.15) is 0 Å². The second-order valence-corrected chi connectivity index (χ2v) is 4.60. The van der Waals surface area contributed by atoms with E-state index in [9.17, 15) is 4.39 Å². The van der Waals surface area contributed by atoms with Crippen LogP contribution in [-0.4, -0.2) is 19.2 Å². The Bertz CT molecular complexity index is 362. The molecule has 0 bridgehead atoms. The Balaban J connectivity index is 2.19. The normalized spacial score (nSPS) is 10.0. The molecule has 17 heavy (non-hydrogen) atoms. The molecule has 0 atom stereocenters. The molecule has 0 aliphatic heterocycles. The topological polar surface area (TPSA) is 57.1 Å². The van der Waals surface area contributed by atoms with E-state index in [2.05, 4.69) is 33.4 Å². The van der Waals surface area contributed by atoms with Gasteiger partial charge in [0.1, 0.15) is 0 Å². The summed E-state index contributed by atoms with van der Waals surface area (Å²) in [7, 11) is 0. The minimum atomic E-state index is -0.412. The first-order valence-electron chi connectivity index (χ1n) is 5.23. The van der Waals surface area contributed by atoms with E-state index in [1.54, 1.807) is 0 Å². The molecule has 3 N–H and O–H groups in total. The van der Waals surface area contributed by atoms with Gasteiger partial charge in [-0.25, -0.2) is 5.48 Å². The van der Waals surface area contributed by atoms with Gasteiger partial charge >= 0.3 is 0 Å². The lowest BCUT2D eigenvalue weighted by Crippen LogP contribution is -2.36. The number of halogens is 2. The van der Waals surface area contributed by atoms with Gasteiger partial charge in [0.2, 0.25) is 5.96 Å². The number of guanidine groups is 1. The van der Waals surface area contributed by atoms with E-state index >= 15 is 0 Å². The Morgan fingerprint density at radius 3 is 3.00 bits per heavy atom. The van der Waals surface area contributed by atoms with Gasteiger partial charge < -0.3 is 5.32 Å². The summed E-state index contributed by atoms with van der Waals surface area (Å²) in [5, 5.41) is 10.3. The number of hydroxylamine groups is 1. The number of rotatable bonds is 6. The Labute approximate surface area is 114 Å². The lowest BCUT2D eigenvalue weighted by atomic mass is 10.2. The molecule has 1 rings (SSSR count). The number of benzene rings is 1. The number of hydrogen-bond donors (Lipinski definition) is 3. The van der Waals surface area contributed by atoms with Crippen molar-refractivity contribution in [2.45, 2.75) is 13.0 Å². The Kier molecular flexibility index (Phi) is 6.87. The predicted molar refractivity (Wildman–Crippen MR) is 73.4 cm³/mol. The summed E-state index contributed by atoms with van der Waals surface area (Å²) in [5.41, 5.74) is 3.50. The molecule has 4 nitrogen and oxygen atoms in total. The fourth-order valence-electron chi connectivity index (χ4n) is 1.12. The van der Waals surface area contributed by atoms with Crippen molar-refractivity contribution in [2.24, 2.45) is 0 Å². The van der Waals surface area contributed by atoms with Gasteiger partial charge in [0.25, 0.3) is 0 Å². The third-order valence-corrected chi connectivity index (χ3v) is 2.58. The van der Waals surface area contributed by atoms with Crippen LogP contribution in [0.4, 0.5) is 4.39 Å². The molecule has 0 amide bonds. The van der Waals surface area contributed by atoms with Crippen molar-refractivity contribution in [3.8, 4) is 0 Å². The highest BCUT2D eigenvalue weighted by Gasteiger charge is 1.97. The maximum absolute atomic E-state index is 11.7. The van der Waals surface area contributed by atoms with Crippen LogP contribution in [-0.2, 0) is 11.4 Å². The van der Waals surface area contributed by atoms with Gasteiger partial charge in [0.05, 0.1) is 13.3 Å². The minimum Gasteiger partial charge on any atom is -0.351 e. The molecule has 0 spiro atoms. The van der Waals surface area contributed by atoms with E-state index < -0.39 is 6.67 Å². The monoisotopic (exact) mass is 351 g/mol. The molecule has 0 heterocycles. The first-order valence-corrected chi connectivity index (χ1v) is 6.31. The number of nitrogens with one attached hydrogen (secondary N) is 3. The van der Waals surface area contributed by atoms with Gasteiger partial charge in [-0.05, 0) is 40.3 Å². The first kappa shape index (κ1) is 14.2. The van der Waals surface area contributed by atoms with Crippen molar-refractivity contribution >= 4 is 28.6 Å². The molecule has 1 aromatic carbocycles. The van der Waals surface area contributed by atoms with E-state index in [0.29, 0.717) is 13.0 Å². The van der Waals surface area contributed by atoms with Crippen LogP contribution in [0, 0.1) is 8.98 Å². The lowest BCUT2D eigenvalue weighted by Gasteiger charge is -2.10. The van der Waals surface area contributed by atoms with Crippen LogP contribution in [0.5, 0.6) is 0 Å². The summed E-state index contributed by atoms with van der Waals surface area (Å²) in [6.45, 7) is 0.393. The third kappa shape index (κ3) is 6.42. The van der Waals surface area contributed by atoms with E-state index in [-0.39, 0.29) is 12.6 Å². The quantitative estimate of drug-likeness (QED) is 0.242. The van der Waals surface area contributed by atoms with Crippen LogP contribution in [0.15, 0.2) is 24.3 Å². The van der Waals surface area contributed by atoms with E-state index in [0.717, 1.165) is 9.13 Å². The molecular formula is C11H15FIN3O. The Morgan fingerprint density at radius 2 is 2.29 bits per heavy atom. The maximum Gasteiger partial charge on any atom is 0.213 e. The summed E-state index contributed by atoms with van der Waals surface area (Å²) in [6.07, 6.45) is 0.331. The summed E-state index contributed by atoms with van der Waals surface area (Å²) in [6, 6.07) is 7.98. The van der Waals surface area contributed by atoms with Crippen LogP contribution in [0.25, 0.3) is 0 Å². The molecule has 0 unspecified atom stereocenters. The van der Waals surface area contributed by atoms with Crippen LogP contribution in [0.2, 0.25) is 0 Å². The highest BCUT2D eigenvalue weighted by Crippen LogP contribution is 2.07. The van der Waals surface area contributed by atoms with Gasteiger partial charge in [0.15, 0.2) is 0 Å². The number of hydrogen-bond acceptors (Lipinski definition) is 2. The highest BCUT2D eigenvalue weighted by molar-refractivity contribution is 14.1. The zero-order valence-corrected chi connectivity index (χ0v) is 11.5. The number of alkyl halides is 1. The van der Waals surface area contributed by atoms with Crippen molar-refractivity contribution in [1.29, 1.82) is 5.41 Å². The van der Waals surface area contributed by atoms with Crippen molar-refractivity contribution in [2.75, 3.05) is 13.3 Å². The smallest absolute Gasteiger partial charge is 0.213 e. The first-order chi connectivity index (χ1) is 8.22. The maximum atomic E-state index is 11.7. The second kappa shape index (κ2) is 8.24. The minimum absolute atomic E-state index is 0.0720. The van der Waals surface area contributed by atoms with E-state index in [4.69, 9.17) is 10.2 Å². The fourth-order valence-corrected chi connectivity index (χ4v) is 1.73. The van der Waals surface area contributed by atoms with Crippen molar-refractivity contribution in [3.63, 3.8) is 0 Å². The largest absolute Gasteiger partial charge is 0.351 e. The molecule has 1 aromatic rings. The van der Waals surface area contributed by atoms with Crippen molar-refractivity contribution in [1.82, 2.24) is 10.8 Å². The van der Waals surface area contributed by atoms with E-state index in [1.807, 2.05) is 24.3 Å². The van der Waals surface area contributed by atoms with Crippen molar-refractivity contribution < 1.29 is 9.23 Å². The summed E-state index contributed by atoms with van der Waals surface area (Å²) in [4.78, 5) is 4.87. The van der Waals surface area contributed by atoms with Crippen LogP contribution >= 0.6 is 22.6 Å². The third-order valence-electron chi connectivity index (χ3n) is 1.91. The molecular weight excluding hydrogens is 336 g/mol. The van der Waals surface area contributed by atoms with Crippen molar-refractivity contribution in [3.05, 3.63) is 33.4 Å². The fraction of sp³-hybridized carbons (Fsp3) is 0.364. The molecule has 94 valence electrons. The molecule has 0 aliphatic rings. The zero-order valence-electron chi connectivity index (χ0n) is 9.30. The molecule has 0 fully saturated rings. The van der Waals surface area contributed by atoms with E-state index in [1.165, 1.54) is 0 Å². The molecule has 0 aromatic heterocycles. The summed E-state index contributed by atoms with van der Waals surface area (Å²) < 4.78 is 12.9.